The van der Waals surface area contributed by atoms with E-state index in [0.717, 1.165) is 5.92 Å². The summed E-state index contributed by atoms with van der Waals surface area (Å²) in [4.78, 5) is 0. The van der Waals surface area contributed by atoms with Crippen molar-refractivity contribution in [2.75, 3.05) is 0 Å². The maximum Gasteiger partial charge on any atom is -0.00615 e. The molecule has 0 heteroatoms. The normalized spacial score (nSPS) is 25.3. The third kappa shape index (κ3) is 2.48. The molecule has 0 heterocycles. The molecule has 0 spiro atoms. The fourth-order valence-electron chi connectivity index (χ4n) is 3.02. The van der Waals surface area contributed by atoms with Crippen LogP contribution in [-0.4, -0.2) is 0 Å². The minimum absolute atomic E-state index is 0. The van der Waals surface area contributed by atoms with E-state index in [4.69, 9.17) is 0 Å². The van der Waals surface area contributed by atoms with Crippen LogP contribution in [0.3, 0.4) is 0 Å². The van der Waals surface area contributed by atoms with E-state index >= 15 is 0 Å². The van der Waals surface area contributed by atoms with Gasteiger partial charge in [0.2, 0.25) is 0 Å². The van der Waals surface area contributed by atoms with Crippen LogP contribution in [0, 0.1) is 11.3 Å². The van der Waals surface area contributed by atoms with E-state index < -0.39 is 0 Å². The lowest BCUT2D eigenvalue weighted by molar-refractivity contribution is 0.233. The van der Waals surface area contributed by atoms with Gasteiger partial charge in [0.05, 0.1) is 0 Å². The lowest BCUT2D eigenvalue weighted by Crippen LogP contribution is -2.24. The molecule has 0 aliphatic heterocycles. The molecule has 0 fully saturated rings. The Morgan fingerprint density at radius 3 is 2.44 bits per heavy atom. The van der Waals surface area contributed by atoms with E-state index in [9.17, 15) is 0 Å². The number of hydrogen-bond acceptors (Lipinski definition) is 0. The molecule has 0 aromatic carbocycles. The predicted octanol–water partition coefficient (Wildman–Crippen LogP) is 5.53. The molecule has 0 aromatic heterocycles. The summed E-state index contributed by atoms with van der Waals surface area (Å²) in [5, 5.41) is 0. The van der Waals surface area contributed by atoms with Crippen LogP contribution in [0.25, 0.3) is 0 Å². The van der Waals surface area contributed by atoms with Crippen molar-refractivity contribution in [1.29, 1.82) is 0 Å². The Morgan fingerprint density at radius 1 is 1.44 bits per heavy atom. The standard InChI is InChI=1S/C15H24.CH4/c1-6-8-9-14-10-11-15(7-2,12(3)4)13(14)5;/h6,8-9,12H,1,7,10-11H2,2-5H3;1H4/b9-8-;. The highest BCUT2D eigenvalue weighted by Crippen LogP contribution is 2.50. The number of rotatable bonds is 4. The van der Waals surface area contributed by atoms with E-state index in [-0.39, 0.29) is 7.43 Å². The fourth-order valence-corrected chi connectivity index (χ4v) is 3.02. The van der Waals surface area contributed by atoms with Gasteiger partial charge in [0, 0.05) is 0 Å². The second-order valence-electron chi connectivity index (χ2n) is 4.91. The van der Waals surface area contributed by atoms with E-state index in [2.05, 4.69) is 46.4 Å². The van der Waals surface area contributed by atoms with Crippen LogP contribution in [0.5, 0.6) is 0 Å². The van der Waals surface area contributed by atoms with Crippen molar-refractivity contribution in [3.05, 3.63) is 36.0 Å². The molecule has 0 amide bonds. The van der Waals surface area contributed by atoms with Gasteiger partial charge < -0.3 is 0 Å². The third-order valence-electron chi connectivity index (χ3n) is 4.24. The molecule has 0 saturated carbocycles. The number of allylic oxidation sites excluding steroid dienone is 5. The van der Waals surface area contributed by atoms with Crippen molar-refractivity contribution in [2.45, 2.75) is 54.4 Å². The average Bonchev–Trinajstić information content (AvgIpc) is 2.54. The average molecular weight is 220 g/mol. The Balaban J connectivity index is 0.00000225. The van der Waals surface area contributed by atoms with Crippen molar-refractivity contribution in [3.8, 4) is 0 Å². The van der Waals surface area contributed by atoms with Crippen LogP contribution < -0.4 is 0 Å². The lowest BCUT2D eigenvalue weighted by Gasteiger charge is -2.34. The summed E-state index contributed by atoms with van der Waals surface area (Å²) in [7, 11) is 0. The van der Waals surface area contributed by atoms with Crippen molar-refractivity contribution < 1.29 is 0 Å². The zero-order valence-electron chi connectivity index (χ0n) is 10.6. The Labute approximate surface area is 102 Å². The summed E-state index contributed by atoms with van der Waals surface area (Å²) < 4.78 is 0. The first-order valence-corrected chi connectivity index (χ1v) is 6.07. The minimum atomic E-state index is 0. The molecular weight excluding hydrogens is 192 g/mol. The van der Waals surface area contributed by atoms with Crippen LogP contribution in [0.1, 0.15) is 54.4 Å². The first kappa shape index (κ1) is 15.2. The van der Waals surface area contributed by atoms with Gasteiger partial charge in [-0.15, -0.1) is 0 Å². The van der Waals surface area contributed by atoms with Gasteiger partial charge in [-0.2, -0.15) is 0 Å². The Kier molecular flexibility index (Phi) is 5.78. The molecule has 0 nitrogen and oxygen atoms in total. The molecule has 0 bridgehead atoms. The zero-order chi connectivity index (χ0) is 11.5. The summed E-state index contributed by atoms with van der Waals surface area (Å²) in [6.07, 6.45) is 9.99. The summed E-state index contributed by atoms with van der Waals surface area (Å²) in [5.74, 6) is 0.747. The maximum atomic E-state index is 3.73. The van der Waals surface area contributed by atoms with E-state index in [0.29, 0.717) is 5.41 Å². The molecule has 0 saturated heterocycles. The molecule has 16 heavy (non-hydrogen) atoms. The molecule has 0 radical (unpaired) electrons. The monoisotopic (exact) mass is 220 g/mol. The van der Waals surface area contributed by atoms with Crippen LogP contribution in [0.15, 0.2) is 36.0 Å². The molecule has 1 atom stereocenters. The van der Waals surface area contributed by atoms with Gasteiger partial charge in [0.25, 0.3) is 0 Å². The SMILES string of the molecule is C.C=C/C=C\C1=C(C)C(CC)(C(C)C)CC1. The smallest absolute Gasteiger partial charge is 0.00615 e. The topological polar surface area (TPSA) is 0 Å². The maximum absolute atomic E-state index is 3.73. The van der Waals surface area contributed by atoms with E-state index in [1.54, 1.807) is 5.57 Å². The Hall–Kier alpha value is -0.780. The molecule has 0 aromatic rings. The number of hydrogen-bond donors (Lipinski definition) is 0. The van der Waals surface area contributed by atoms with Gasteiger partial charge in [0.1, 0.15) is 0 Å². The van der Waals surface area contributed by atoms with Crippen LogP contribution >= 0.6 is 0 Å². The van der Waals surface area contributed by atoms with Crippen LogP contribution in [0.4, 0.5) is 0 Å². The quantitative estimate of drug-likeness (QED) is 0.547. The van der Waals surface area contributed by atoms with Crippen LogP contribution in [0.2, 0.25) is 0 Å². The fraction of sp³-hybridized carbons (Fsp3) is 0.625. The first-order valence-electron chi connectivity index (χ1n) is 6.07. The summed E-state index contributed by atoms with van der Waals surface area (Å²) >= 11 is 0. The highest BCUT2D eigenvalue weighted by Gasteiger charge is 2.38. The second kappa shape index (κ2) is 6.08. The summed E-state index contributed by atoms with van der Waals surface area (Å²) in [6.45, 7) is 13.1. The second-order valence-corrected chi connectivity index (χ2v) is 4.91. The highest BCUT2D eigenvalue weighted by molar-refractivity contribution is 5.35. The van der Waals surface area contributed by atoms with Gasteiger partial charge in [-0.3, -0.25) is 0 Å². The molecule has 0 N–H and O–H groups in total. The van der Waals surface area contributed by atoms with E-state index in [1.165, 1.54) is 24.8 Å². The highest BCUT2D eigenvalue weighted by atomic mass is 14.4. The molecule has 1 aliphatic carbocycles. The van der Waals surface area contributed by atoms with Gasteiger partial charge in [-0.05, 0) is 43.1 Å². The molecule has 1 aliphatic rings. The lowest BCUT2D eigenvalue weighted by atomic mass is 9.70. The summed E-state index contributed by atoms with van der Waals surface area (Å²) in [5.41, 5.74) is 3.60. The van der Waals surface area contributed by atoms with Gasteiger partial charge >= 0.3 is 0 Å². The zero-order valence-corrected chi connectivity index (χ0v) is 10.6. The van der Waals surface area contributed by atoms with E-state index in [1.807, 2.05) is 6.08 Å². The van der Waals surface area contributed by atoms with Crippen molar-refractivity contribution in [3.63, 3.8) is 0 Å². The first-order chi connectivity index (χ1) is 7.08. The minimum Gasteiger partial charge on any atom is -0.0991 e. The van der Waals surface area contributed by atoms with Crippen LogP contribution in [-0.2, 0) is 0 Å². The summed E-state index contributed by atoms with van der Waals surface area (Å²) in [6, 6.07) is 0. The van der Waals surface area contributed by atoms with Crippen molar-refractivity contribution in [1.82, 2.24) is 0 Å². The van der Waals surface area contributed by atoms with Gasteiger partial charge in [0.15, 0.2) is 0 Å². The predicted molar refractivity (Wildman–Crippen MR) is 75.6 cm³/mol. The largest absolute Gasteiger partial charge is 0.0991 e. The van der Waals surface area contributed by atoms with Gasteiger partial charge in [-0.25, -0.2) is 0 Å². The molecule has 1 rings (SSSR count). The van der Waals surface area contributed by atoms with Crippen molar-refractivity contribution >= 4 is 0 Å². The molecule has 1 unspecified atom stereocenters. The van der Waals surface area contributed by atoms with Gasteiger partial charge in [-0.1, -0.05) is 58.6 Å². The third-order valence-corrected chi connectivity index (χ3v) is 4.24. The van der Waals surface area contributed by atoms with Crippen molar-refractivity contribution in [2.24, 2.45) is 11.3 Å². The Bertz CT molecular complexity index is 291. The Morgan fingerprint density at radius 2 is 2.06 bits per heavy atom. The molecule has 92 valence electrons. The molecular formula is C16H28.